The van der Waals surface area contributed by atoms with Crippen LogP contribution in [0.3, 0.4) is 0 Å². The normalized spacial score (nSPS) is 23.4. The van der Waals surface area contributed by atoms with Gasteiger partial charge < -0.3 is 10.2 Å². The fraction of sp³-hybridized carbons (Fsp3) is 0.385. The number of halogens is 1. The predicted molar refractivity (Wildman–Crippen MR) is 70.8 cm³/mol. The lowest BCUT2D eigenvalue weighted by molar-refractivity contribution is -0.201. The summed E-state index contributed by atoms with van der Waals surface area (Å²) in [6.07, 6.45) is 3.64. The zero-order valence-electron chi connectivity index (χ0n) is 10.7. The Bertz CT molecular complexity index is 572. The molecule has 2 rings (SSSR count). The van der Waals surface area contributed by atoms with Gasteiger partial charge in [0.25, 0.3) is 0 Å². The number of nitrogens with zero attached hydrogens (tertiary/aromatic N) is 1. The van der Waals surface area contributed by atoms with Gasteiger partial charge in [0, 0.05) is 6.42 Å². The van der Waals surface area contributed by atoms with Gasteiger partial charge in [0.15, 0.2) is 0 Å². The number of terminal acetylenes is 1. The number of hydrogen-bond donors (Lipinski definition) is 2. The van der Waals surface area contributed by atoms with Gasteiger partial charge in [-0.15, -0.1) is 10.7 Å². The van der Waals surface area contributed by atoms with Crippen LogP contribution in [-0.4, -0.2) is 37.9 Å². The van der Waals surface area contributed by atoms with Crippen molar-refractivity contribution >= 4 is 11.3 Å². The maximum Gasteiger partial charge on any atom is 0.306 e. The fourth-order valence-electron chi connectivity index (χ4n) is 2.33. The van der Waals surface area contributed by atoms with Crippen LogP contribution in [0.15, 0.2) is 24.3 Å². The van der Waals surface area contributed by atoms with Crippen LogP contribution in [0, 0.1) is 12.3 Å². The zero-order chi connectivity index (χ0) is 14.9. The molecule has 0 bridgehead atoms. The second-order valence-corrected chi connectivity index (χ2v) is 5.51. The van der Waals surface area contributed by atoms with Crippen LogP contribution in [-0.2, 0) is 21.9 Å². The van der Waals surface area contributed by atoms with E-state index in [2.05, 4.69) is 4.18 Å². The third kappa shape index (κ3) is 2.49. The number of rotatable bonds is 4. The maximum absolute atomic E-state index is 14.3. The van der Waals surface area contributed by atoms with Gasteiger partial charge in [0.05, 0.1) is 13.2 Å². The van der Waals surface area contributed by atoms with E-state index in [4.69, 9.17) is 6.42 Å². The Kier molecular flexibility index (Phi) is 4.22. The van der Waals surface area contributed by atoms with Gasteiger partial charge in [-0.05, 0) is 17.0 Å². The monoisotopic (exact) mass is 299 g/mol. The summed E-state index contributed by atoms with van der Waals surface area (Å²) in [6.45, 7) is 0. The van der Waals surface area contributed by atoms with E-state index in [1.807, 2.05) is 0 Å². The molecule has 108 valence electrons. The van der Waals surface area contributed by atoms with Crippen LogP contribution < -0.4 is 0 Å². The number of aliphatic hydroxyl groups is 2. The summed E-state index contributed by atoms with van der Waals surface area (Å²) < 4.78 is 31.3. The van der Waals surface area contributed by atoms with Crippen molar-refractivity contribution in [1.82, 2.24) is 4.31 Å². The van der Waals surface area contributed by atoms with Gasteiger partial charge in [-0.25, -0.2) is 8.60 Å². The molecule has 0 fully saturated rings. The Hall–Kier alpha value is -1.30. The highest BCUT2D eigenvalue weighted by Gasteiger charge is 2.48. The Morgan fingerprint density at radius 1 is 1.55 bits per heavy atom. The van der Waals surface area contributed by atoms with Gasteiger partial charge in [-0.3, -0.25) is 4.18 Å². The molecular weight excluding hydrogens is 285 g/mol. The summed E-state index contributed by atoms with van der Waals surface area (Å²) in [5, 5.41) is 19.6. The molecule has 0 saturated carbocycles. The summed E-state index contributed by atoms with van der Waals surface area (Å²) in [5.41, 5.74) is 1.21. The molecular formula is C13H14FNO4S. The molecule has 2 N–H and O–H groups in total. The van der Waals surface area contributed by atoms with E-state index in [1.165, 1.54) is 0 Å². The van der Waals surface area contributed by atoms with E-state index in [-0.39, 0.29) is 6.42 Å². The van der Waals surface area contributed by atoms with Crippen LogP contribution in [0.25, 0.3) is 0 Å². The molecule has 0 amide bonds. The standard InChI is InChI=1S/C13H14FNO4S/c1-3-13(16,17)15(20(18)19-2)12-10-7-5-4-6-9(10)8-11(12)14/h1,4-7,11-12,16-17H,8H2,2H3. The zero-order valence-corrected chi connectivity index (χ0v) is 11.5. The van der Waals surface area contributed by atoms with Crippen molar-refractivity contribution < 1.29 is 23.0 Å². The molecule has 0 saturated heterocycles. The minimum absolute atomic E-state index is 0.0822. The van der Waals surface area contributed by atoms with Crippen molar-refractivity contribution in [3.05, 3.63) is 35.4 Å². The smallest absolute Gasteiger partial charge is 0.306 e. The predicted octanol–water partition coefficient (Wildman–Crippen LogP) is 0.421. The fourth-order valence-corrected chi connectivity index (χ4v) is 3.19. The minimum Gasteiger partial charge on any atom is -0.342 e. The summed E-state index contributed by atoms with van der Waals surface area (Å²) >= 11 is -2.30. The number of fused-ring (bicyclic) bond motifs is 1. The molecule has 0 aromatic heterocycles. The first-order chi connectivity index (χ1) is 9.42. The second kappa shape index (κ2) is 5.60. The maximum atomic E-state index is 14.3. The lowest BCUT2D eigenvalue weighted by Crippen LogP contribution is -2.52. The molecule has 20 heavy (non-hydrogen) atoms. The van der Waals surface area contributed by atoms with Crippen LogP contribution in [0.2, 0.25) is 0 Å². The largest absolute Gasteiger partial charge is 0.342 e. The van der Waals surface area contributed by atoms with Gasteiger partial charge in [-0.2, -0.15) is 0 Å². The molecule has 5 nitrogen and oxygen atoms in total. The topological polar surface area (TPSA) is 70.0 Å². The molecule has 0 radical (unpaired) electrons. The molecule has 0 heterocycles. The number of alkyl halides is 1. The molecule has 7 heteroatoms. The van der Waals surface area contributed by atoms with Crippen molar-refractivity contribution in [3.63, 3.8) is 0 Å². The van der Waals surface area contributed by atoms with Crippen LogP contribution in [0.1, 0.15) is 17.2 Å². The first-order valence-electron chi connectivity index (χ1n) is 5.82. The van der Waals surface area contributed by atoms with Crippen LogP contribution in [0.5, 0.6) is 0 Å². The molecule has 3 unspecified atom stereocenters. The molecule has 1 aliphatic rings. The van der Waals surface area contributed by atoms with E-state index in [1.54, 1.807) is 30.2 Å². The van der Waals surface area contributed by atoms with E-state index in [0.29, 0.717) is 15.4 Å². The third-order valence-electron chi connectivity index (χ3n) is 3.19. The lowest BCUT2D eigenvalue weighted by atomic mass is 10.1. The van der Waals surface area contributed by atoms with Crippen molar-refractivity contribution in [2.45, 2.75) is 24.5 Å². The quantitative estimate of drug-likeness (QED) is 0.624. The van der Waals surface area contributed by atoms with Gasteiger partial charge in [-0.1, -0.05) is 24.3 Å². The first-order valence-corrected chi connectivity index (χ1v) is 6.85. The van der Waals surface area contributed by atoms with Crippen molar-refractivity contribution in [3.8, 4) is 12.3 Å². The number of hydrogen-bond acceptors (Lipinski definition) is 4. The number of benzene rings is 1. The van der Waals surface area contributed by atoms with E-state index < -0.39 is 29.4 Å². The van der Waals surface area contributed by atoms with Gasteiger partial charge in [0.2, 0.25) is 11.3 Å². The second-order valence-electron chi connectivity index (χ2n) is 4.35. The summed E-state index contributed by atoms with van der Waals surface area (Å²) in [6, 6.07) is 5.63. The Balaban J connectivity index is 2.50. The molecule has 1 aliphatic carbocycles. The minimum atomic E-state index is -2.88. The van der Waals surface area contributed by atoms with Crippen molar-refractivity contribution in [2.24, 2.45) is 0 Å². The lowest BCUT2D eigenvalue weighted by Gasteiger charge is -2.34. The van der Waals surface area contributed by atoms with Crippen LogP contribution >= 0.6 is 0 Å². The first kappa shape index (κ1) is 15.1. The SMILES string of the molecule is C#CC(O)(O)N(C1c2ccccc2CC1F)S(=O)OC. The third-order valence-corrected chi connectivity index (χ3v) is 4.28. The molecule has 3 atom stereocenters. The Morgan fingerprint density at radius 2 is 2.20 bits per heavy atom. The summed E-state index contributed by atoms with van der Waals surface area (Å²) in [5.74, 6) is -1.20. The molecule has 1 aromatic rings. The highest BCUT2D eigenvalue weighted by atomic mass is 32.2. The van der Waals surface area contributed by atoms with E-state index in [0.717, 1.165) is 7.11 Å². The van der Waals surface area contributed by atoms with Gasteiger partial charge in [0.1, 0.15) is 6.17 Å². The molecule has 0 aliphatic heterocycles. The van der Waals surface area contributed by atoms with E-state index >= 15 is 0 Å². The Morgan fingerprint density at radius 3 is 2.80 bits per heavy atom. The van der Waals surface area contributed by atoms with Crippen molar-refractivity contribution in [2.75, 3.05) is 7.11 Å². The average Bonchev–Trinajstić information content (AvgIpc) is 2.75. The van der Waals surface area contributed by atoms with Crippen LogP contribution in [0.4, 0.5) is 4.39 Å². The van der Waals surface area contributed by atoms with Crippen molar-refractivity contribution in [1.29, 1.82) is 0 Å². The summed E-state index contributed by atoms with van der Waals surface area (Å²) in [4.78, 5) is 0. The summed E-state index contributed by atoms with van der Waals surface area (Å²) in [7, 11) is 1.10. The molecule has 1 aromatic carbocycles. The van der Waals surface area contributed by atoms with Gasteiger partial charge >= 0.3 is 5.91 Å². The van der Waals surface area contributed by atoms with E-state index in [9.17, 15) is 18.8 Å². The highest BCUT2D eigenvalue weighted by Crippen LogP contribution is 2.40. The average molecular weight is 299 g/mol. The molecule has 0 spiro atoms. The Labute approximate surface area is 118 Å². The highest BCUT2D eigenvalue weighted by molar-refractivity contribution is 7.77.